The van der Waals surface area contributed by atoms with Gasteiger partial charge in [-0.1, -0.05) is 0 Å². The highest BCUT2D eigenvalue weighted by Crippen LogP contribution is 2.26. The molecule has 1 fully saturated rings. The molecule has 1 aliphatic rings. The lowest BCUT2D eigenvalue weighted by Crippen LogP contribution is -2.37. The summed E-state index contributed by atoms with van der Waals surface area (Å²) >= 11 is 0. The van der Waals surface area contributed by atoms with Gasteiger partial charge in [-0.05, 0) is 24.3 Å². The van der Waals surface area contributed by atoms with Crippen LogP contribution in [0.15, 0.2) is 24.3 Å². The van der Waals surface area contributed by atoms with Crippen molar-refractivity contribution in [2.75, 3.05) is 31.6 Å². The molecule has 0 bridgehead atoms. The molecule has 1 saturated heterocycles. The number of hydrogen-bond donors (Lipinski definition) is 2. The minimum absolute atomic E-state index is 0.0721. The van der Waals surface area contributed by atoms with Crippen molar-refractivity contribution < 1.29 is 19.1 Å². The summed E-state index contributed by atoms with van der Waals surface area (Å²) in [5, 5.41) is 5.34. The molecule has 1 aromatic carbocycles. The Morgan fingerprint density at radius 3 is 2.48 bits per heavy atom. The van der Waals surface area contributed by atoms with Crippen LogP contribution in [0.3, 0.4) is 0 Å². The van der Waals surface area contributed by atoms with Crippen LogP contribution in [-0.2, 0) is 14.4 Å². The van der Waals surface area contributed by atoms with Crippen LogP contribution in [0, 0.1) is 5.92 Å². The van der Waals surface area contributed by atoms with E-state index in [0.29, 0.717) is 25.4 Å². The molecule has 3 amide bonds. The highest BCUT2D eigenvalue weighted by molar-refractivity contribution is 6.00. The minimum Gasteiger partial charge on any atom is -0.497 e. The topological polar surface area (TPSA) is 87.7 Å². The number of rotatable bonds is 6. The van der Waals surface area contributed by atoms with Gasteiger partial charge in [-0.2, -0.15) is 0 Å². The van der Waals surface area contributed by atoms with Crippen molar-refractivity contribution in [1.82, 2.24) is 10.6 Å². The van der Waals surface area contributed by atoms with E-state index in [-0.39, 0.29) is 30.1 Å². The predicted octanol–water partition coefficient (Wildman–Crippen LogP) is 0.300. The molecule has 0 spiro atoms. The van der Waals surface area contributed by atoms with Gasteiger partial charge in [0.15, 0.2) is 0 Å². The number of hydrogen-bond acceptors (Lipinski definition) is 4. The van der Waals surface area contributed by atoms with Gasteiger partial charge >= 0.3 is 0 Å². The highest BCUT2D eigenvalue weighted by Gasteiger charge is 2.34. The largest absolute Gasteiger partial charge is 0.497 e. The first-order valence-electron chi connectivity index (χ1n) is 7.48. The first-order valence-corrected chi connectivity index (χ1v) is 7.48. The zero-order valence-corrected chi connectivity index (χ0v) is 13.3. The third kappa shape index (κ3) is 4.45. The smallest absolute Gasteiger partial charge is 0.227 e. The summed E-state index contributed by atoms with van der Waals surface area (Å²) in [6.45, 7) is 2.51. The van der Waals surface area contributed by atoms with Gasteiger partial charge in [-0.25, -0.2) is 0 Å². The van der Waals surface area contributed by atoms with Crippen LogP contribution >= 0.6 is 0 Å². The highest BCUT2D eigenvalue weighted by atomic mass is 16.5. The Balaban J connectivity index is 1.88. The molecular formula is C16H21N3O4. The van der Waals surface area contributed by atoms with E-state index in [0.717, 1.165) is 5.69 Å². The molecule has 23 heavy (non-hydrogen) atoms. The Bertz CT molecular complexity index is 585. The van der Waals surface area contributed by atoms with E-state index in [1.807, 2.05) is 0 Å². The lowest BCUT2D eigenvalue weighted by Gasteiger charge is -2.17. The van der Waals surface area contributed by atoms with E-state index in [9.17, 15) is 14.4 Å². The van der Waals surface area contributed by atoms with Crippen LogP contribution in [0.4, 0.5) is 5.69 Å². The molecule has 1 heterocycles. The van der Waals surface area contributed by atoms with Crippen molar-refractivity contribution in [3.63, 3.8) is 0 Å². The molecule has 2 N–H and O–H groups in total. The molecule has 1 aliphatic heterocycles. The van der Waals surface area contributed by atoms with Gasteiger partial charge in [-0.3, -0.25) is 14.4 Å². The zero-order valence-electron chi connectivity index (χ0n) is 13.3. The average molecular weight is 319 g/mol. The number of nitrogens with one attached hydrogen (secondary N) is 2. The molecule has 1 aromatic rings. The lowest BCUT2D eigenvalue weighted by molar-refractivity contribution is -0.126. The van der Waals surface area contributed by atoms with Gasteiger partial charge in [0.25, 0.3) is 0 Å². The van der Waals surface area contributed by atoms with E-state index < -0.39 is 0 Å². The minimum atomic E-state index is -0.373. The second-order valence-electron chi connectivity index (χ2n) is 5.38. The number of ether oxygens (including phenoxy) is 1. The fourth-order valence-electron chi connectivity index (χ4n) is 2.46. The van der Waals surface area contributed by atoms with Crippen molar-refractivity contribution in [2.24, 2.45) is 5.92 Å². The first kappa shape index (κ1) is 16.8. The normalized spacial score (nSPS) is 17.0. The van der Waals surface area contributed by atoms with Gasteiger partial charge in [0, 0.05) is 38.7 Å². The summed E-state index contributed by atoms with van der Waals surface area (Å²) in [6, 6.07) is 7.16. The van der Waals surface area contributed by atoms with Crippen molar-refractivity contribution in [3.8, 4) is 5.75 Å². The molecule has 0 aliphatic carbocycles. The molecule has 124 valence electrons. The van der Waals surface area contributed by atoms with Gasteiger partial charge in [0.1, 0.15) is 5.75 Å². The van der Waals surface area contributed by atoms with E-state index in [2.05, 4.69) is 10.6 Å². The van der Waals surface area contributed by atoms with Crippen molar-refractivity contribution in [3.05, 3.63) is 24.3 Å². The maximum absolute atomic E-state index is 12.1. The third-order valence-electron chi connectivity index (χ3n) is 3.68. The Hall–Kier alpha value is -2.57. The Labute approximate surface area is 135 Å². The second-order valence-corrected chi connectivity index (χ2v) is 5.38. The van der Waals surface area contributed by atoms with Gasteiger partial charge in [-0.15, -0.1) is 0 Å². The Kier molecular flexibility index (Phi) is 5.56. The Morgan fingerprint density at radius 2 is 1.87 bits per heavy atom. The summed E-state index contributed by atoms with van der Waals surface area (Å²) in [5.41, 5.74) is 0.754. The molecule has 7 nitrogen and oxygen atoms in total. The van der Waals surface area contributed by atoms with Crippen molar-refractivity contribution >= 4 is 23.4 Å². The summed E-state index contributed by atoms with van der Waals surface area (Å²) < 4.78 is 5.09. The average Bonchev–Trinajstić information content (AvgIpc) is 2.93. The third-order valence-corrected chi connectivity index (χ3v) is 3.68. The van der Waals surface area contributed by atoms with E-state index >= 15 is 0 Å². The quantitative estimate of drug-likeness (QED) is 0.738. The standard InChI is InChI=1S/C16H21N3O4/c1-11(20)17-7-8-18-16(22)12-9-15(21)19(10-12)13-3-5-14(23-2)6-4-13/h3-6,12H,7-10H2,1-2H3,(H,17,20)(H,18,22)/t12-/m1/s1. The first-order chi connectivity index (χ1) is 11.0. The van der Waals surface area contributed by atoms with Crippen LogP contribution in [0.25, 0.3) is 0 Å². The maximum Gasteiger partial charge on any atom is 0.227 e. The Morgan fingerprint density at radius 1 is 1.22 bits per heavy atom. The number of methoxy groups -OCH3 is 1. The summed E-state index contributed by atoms with van der Waals surface area (Å²) in [6.07, 6.45) is 0.192. The molecule has 2 rings (SSSR count). The molecule has 0 radical (unpaired) electrons. The van der Waals surface area contributed by atoms with Crippen LogP contribution in [0.2, 0.25) is 0 Å². The fraction of sp³-hybridized carbons (Fsp3) is 0.438. The monoisotopic (exact) mass is 319 g/mol. The van der Waals surface area contributed by atoms with Gasteiger partial charge in [0.2, 0.25) is 17.7 Å². The number of carbonyl (C=O) groups is 3. The zero-order chi connectivity index (χ0) is 16.8. The number of anilines is 1. The van der Waals surface area contributed by atoms with E-state index in [1.54, 1.807) is 36.3 Å². The van der Waals surface area contributed by atoms with E-state index in [4.69, 9.17) is 4.74 Å². The number of benzene rings is 1. The summed E-state index contributed by atoms with van der Waals surface area (Å²) in [7, 11) is 1.58. The maximum atomic E-state index is 12.1. The van der Waals surface area contributed by atoms with Crippen molar-refractivity contribution in [1.29, 1.82) is 0 Å². The number of amides is 3. The molecular weight excluding hydrogens is 298 g/mol. The SMILES string of the molecule is COc1ccc(N2C[C@H](C(=O)NCCNC(C)=O)CC2=O)cc1. The molecule has 0 saturated carbocycles. The lowest BCUT2D eigenvalue weighted by atomic mass is 10.1. The van der Waals surface area contributed by atoms with Crippen LogP contribution in [0.1, 0.15) is 13.3 Å². The molecule has 7 heteroatoms. The predicted molar refractivity (Wildman–Crippen MR) is 85.1 cm³/mol. The fourth-order valence-corrected chi connectivity index (χ4v) is 2.46. The van der Waals surface area contributed by atoms with Crippen LogP contribution < -0.4 is 20.3 Å². The number of carbonyl (C=O) groups excluding carboxylic acids is 3. The summed E-state index contributed by atoms with van der Waals surface area (Å²) in [5.74, 6) is -0.0348. The van der Waals surface area contributed by atoms with Crippen molar-refractivity contribution in [2.45, 2.75) is 13.3 Å². The summed E-state index contributed by atoms with van der Waals surface area (Å²) in [4.78, 5) is 36.6. The number of nitrogens with zero attached hydrogens (tertiary/aromatic N) is 1. The molecule has 0 unspecified atom stereocenters. The molecule has 0 aromatic heterocycles. The van der Waals surface area contributed by atoms with Crippen LogP contribution in [0.5, 0.6) is 5.75 Å². The van der Waals surface area contributed by atoms with Gasteiger partial charge < -0.3 is 20.3 Å². The van der Waals surface area contributed by atoms with Crippen LogP contribution in [-0.4, -0.2) is 44.5 Å². The van der Waals surface area contributed by atoms with Gasteiger partial charge in [0.05, 0.1) is 13.0 Å². The second kappa shape index (κ2) is 7.62. The molecule has 1 atom stereocenters. The van der Waals surface area contributed by atoms with E-state index in [1.165, 1.54) is 6.92 Å².